The summed E-state index contributed by atoms with van der Waals surface area (Å²) in [4.78, 5) is 67.5. The fourth-order valence-electron chi connectivity index (χ4n) is 11.8. The molecule has 3 fully saturated rings. The van der Waals surface area contributed by atoms with Crippen LogP contribution in [0.2, 0.25) is 0 Å². The number of amides is 3. The SMILES string of the molecule is Cc1c(OC2CCC(CCCCN3CCN(c4ccc5c([C@H]6CCC(=O)NC6=O)nn(C)c5c4)C[C@H]3C)CC2)cccc1-c1ccc(N2CCc3cccc(C(=O)Nc4nc5ccccc5s4)c3C2)nc1C(=O)O. The topological polar surface area (TPSA) is 175 Å². The van der Waals surface area contributed by atoms with Crippen LogP contribution in [-0.2, 0) is 29.6 Å². The molecule has 16 heteroatoms. The smallest absolute Gasteiger partial charge is 0.355 e. The second kappa shape index (κ2) is 21.0. The first-order valence-corrected chi connectivity index (χ1v) is 27.1. The number of pyridine rings is 1. The van der Waals surface area contributed by atoms with E-state index in [4.69, 9.17) is 14.8 Å². The average molecular weight is 1010 g/mol. The van der Waals surface area contributed by atoms with Crippen LogP contribution in [0, 0.1) is 12.8 Å². The van der Waals surface area contributed by atoms with Crippen molar-refractivity contribution in [3.05, 3.63) is 125 Å². The zero-order chi connectivity index (χ0) is 51.0. The molecule has 2 saturated heterocycles. The highest BCUT2D eigenvalue weighted by Gasteiger charge is 2.33. The summed E-state index contributed by atoms with van der Waals surface area (Å²) in [6.07, 6.45) is 9.52. The second-order valence-electron chi connectivity index (χ2n) is 20.7. The molecule has 2 atom stereocenters. The number of carboxylic acid groups (broad SMARTS) is 1. The Bertz CT molecular complexity index is 3250. The van der Waals surface area contributed by atoms with Crippen molar-refractivity contribution in [1.29, 1.82) is 0 Å². The van der Waals surface area contributed by atoms with Gasteiger partial charge in [-0.25, -0.2) is 14.8 Å². The van der Waals surface area contributed by atoms with E-state index < -0.39 is 11.9 Å². The van der Waals surface area contributed by atoms with E-state index in [0.29, 0.717) is 66.4 Å². The highest BCUT2D eigenvalue weighted by atomic mass is 32.1. The minimum atomic E-state index is -1.10. The number of nitrogens with zero attached hydrogens (tertiary/aromatic N) is 7. The molecule has 4 aliphatic rings. The number of para-hydroxylation sites is 1. The van der Waals surface area contributed by atoms with Gasteiger partial charge >= 0.3 is 5.97 Å². The Balaban J connectivity index is 0.655. The summed E-state index contributed by atoms with van der Waals surface area (Å²) >= 11 is 1.44. The van der Waals surface area contributed by atoms with Gasteiger partial charge < -0.3 is 19.6 Å². The van der Waals surface area contributed by atoms with Crippen LogP contribution in [0.5, 0.6) is 5.75 Å². The van der Waals surface area contributed by atoms with Gasteiger partial charge in [0.15, 0.2) is 10.8 Å². The van der Waals surface area contributed by atoms with Crippen LogP contribution in [0.4, 0.5) is 16.6 Å². The van der Waals surface area contributed by atoms with Crippen LogP contribution >= 0.6 is 11.3 Å². The predicted octanol–water partition coefficient (Wildman–Crippen LogP) is 9.91. The Hall–Kier alpha value is -7.17. The lowest BCUT2D eigenvalue weighted by atomic mass is 9.84. The summed E-state index contributed by atoms with van der Waals surface area (Å²) in [5, 5.41) is 22.3. The number of aryl methyl sites for hydroxylation is 1. The molecule has 0 unspecified atom stereocenters. The number of ether oxygens (including phenoxy) is 1. The van der Waals surface area contributed by atoms with Crippen molar-refractivity contribution in [3.8, 4) is 16.9 Å². The largest absolute Gasteiger partial charge is 0.490 e. The number of hydrogen-bond acceptors (Lipinski definition) is 12. The van der Waals surface area contributed by atoms with Gasteiger partial charge in [-0.15, -0.1) is 0 Å². The molecule has 6 heterocycles. The number of fused-ring (bicyclic) bond motifs is 3. The first kappa shape index (κ1) is 49.1. The van der Waals surface area contributed by atoms with Gasteiger partial charge in [0.25, 0.3) is 5.91 Å². The predicted molar refractivity (Wildman–Crippen MR) is 289 cm³/mol. The second-order valence-corrected chi connectivity index (χ2v) is 21.7. The molecule has 1 saturated carbocycles. The average Bonchev–Trinajstić information content (AvgIpc) is 3.97. The van der Waals surface area contributed by atoms with Crippen molar-refractivity contribution in [1.82, 2.24) is 30.0 Å². The zero-order valence-corrected chi connectivity index (χ0v) is 43.1. The third-order valence-corrected chi connectivity index (χ3v) is 16.9. The van der Waals surface area contributed by atoms with E-state index in [2.05, 4.69) is 61.5 Å². The number of rotatable bonds is 14. The molecule has 15 nitrogen and oxygen atoms in total. The van der Waals surface area contributed by atoms with E-state index in [1.54, 1.807) is 0 Å². The highest BCUT2D eigenvalue weighted by molar-refractivity contribution is 7.22. The maximum Gasteiger partial charge on any atom is 0.355 e. The number of carboxylic acids is 1. The van der Waals surface area contributed by atoms with Crippen LogP contribution in [0.15, 0.2) is 91.0 Å². The van der Waals surface area contributed by atoms with Crippen molar-refractivity contribution in [2.24, 2.45) is 13.0 Å². The summed E-state index contributed by atoms with van der Waals surface area (Å²) in [7, 11) is 1.92. The monoisotopic (exact) mass is 1010 g/mol. The molecular weight excluding hydrogens is 951 g/mol. The number of aromatic carboxylic acids is 1. The number of carbonyl (C=O) groups excluding carboxylic acids is 3. The van der Waals surface area contributed by atoms with E-state index in [1.807, 2.05) is 85.4 Å². The van der Waals surface area contributed by atoms with Crippen molar-refractivity contribution in [2.75, 3.05) is 47.8 Å². The number of aromatic nitrogens is 4. The number of benzene rings is 4. The molecule has 3 N–H and O–H groups in total. The maximum atomic E-state index is 13.7. The number of imide groups is 1. The molecule has 0 spiro atoms. The lowest BCUT2D eigenvalue weighted by Crippen LogP contribution is -2.52. The molecule has 0 bridgehead atoms. The normalized spacial score (nSPS) is 20.4. The molecule has 3 amide bonds. The number of piperazine rings is 1. The number of carbonyl (C=O) groups is 4. The minimum Gasteiger partial charge on any atom is -0.490 e. The van der Waals surface area contributed by atoms with Crippen LogP contribution in [0.25, 0.3) is 32.2 Å². The summed E-state index contributed by atoms with van der Waals surface area (Å²) in [5.41, 5.74) is 8.52. The summed E-state index contributed by atoms with van der Waals surface area (Å²) < 4.78 is 9.56. The Morgan fingerprint density at radius 1 is 0.865 bits per heavy atom. The lowest BCUT2D eigenvalue weighted by Gasteiger charge is -2.41. The van der Waals surface area contributed by atoms with Crippen molar-refractivity contribution >= 4 is 72.8 Å². The highest BCUT2D eigenvalue weighted by Crippen LogP contribution is 2.38. The molecule has 11 rings (SSSR count). The minimum absolute atomic E-state index is 0.0174. The van der Waals surface area contributed by atoms with Gasteiger partial charge in [-0.05, 0) is 148 Å². The van der Waals surface area contributed by atoms with E-state index in [-0.39, 0.29) is 29.5 Å². The maximum absolute atomic E-state index is 13.7. The van der Waals surface area contributed by atoms with E-state index in [9.17, 15) is 24.3 Å². The molecule has 382 valence electrons. The number of piperidine rings is 1. The molecule has 3 aromatic heterocycles. The van der Waals surface area contributed by atoms with E-state index >= 15 is 0 Å². The van der Waals surface area contributed by atoms with Gasteiger partial charge in [0, 0.05) is 74.4 Å². The Kier molecular flexibility index (Phi) is 13.9. The van der Waals surface area contributed by atoms with Crippen molar-refractivity contribution in [3.63, 3.8) is 0 Å². The molecule has 7 aromatic rings. The molecule has 3 aliphatic heterocycles. The number of thiazole rings is 1. The molecule has 1 aliphatic carbocycles. The third-order valence-electron chi connectivity index (χ3n) is 16.0. The Morgan fingerprint density at radius 3 is 2.51 bits per heavy atom. The first-order chi connectivity index (χ1) is 35.9. The summed E-state index contributed by atoms with van der Waals surface area (Å²) in [6, 6.07) is 30.1. The molecule has 4 aromatic carbocycles. The van der Waals surface area contributed by atoms with Crippen LogP contribution in [0.3, 0.4) is 0 Å². The number of unbranched alkanes of at least 4 members (excludes halogenated alkanes) is 1. The third kappa shape index (κ3) is 10.1. The fraction of sp³-hybridized carbons (Fsp3) is 0.397. The van der Waals surface area contributed by atoms with Crippen molar-refractivity contribution in [2.45, 2.75) is 103 Å². The quantitative estimate of drug-likeness (QED) is 0.0696. The van der Waals surface area contributed by atoms with Gasteiger partial charge in [-0.3, -0.25) is 34.6 Å². The fourth-order valence-corrected chi connectivity index (χ4v) is 12.7. The molecule has 74 heavy (non-hydrogen) atoms. The van der Waals surface area contributed by atoms with Gasteiger partial charge in [0.1, 0.15) is 11.6 Å². The van der Waals surface area contributed by atoms with Gasteiger partial charge in [-0.2, -0.15) is 5.10 Å². The van der Waals surface area contributed by atoms with Gasteiger partial charge in [-0.1, -0.05) is 60.6 Å². The van der Waals surface area contributed by atoms with Gasteiger partial charge in [0.2, 0.25) is 11.8 Å². The molecule has 0 radical (unpaired) electrons. The summed E-state index contributed by atoms with van der Waals surface area (Å²) in [5.74, 6) is -0.188. The van der Waals surface area contributed by atoms with E-state index in [0.717, 1.165) is 107 Å². The zero-order valence-electron chi connectivity index (χ0n) is 42.3. The van der Waals surface area contributed by atoms with Crippen LogP contribution < -0.4 is 25.2 Å². The number of anilines is 3. The van der Waals surface area contributed by atoms with Crippen LogP contribution in [-0.4, -0.2) is 98.3 Å². The number of hydrogen-bond donors (Lipinski definition) is 3. The number of nitrogens with one attached hydrogen (secondary N) is 2. The molecular formula is C58H63N9O6S. The Morgan fingerprint density at radius 2 is 1.70 bits per heavy atom. The van der Waals surface area contributed by atoms with Crippen molar-refractivity contribution < 1.29 is 29.0 Å². The van der Waals surface area contributed by atoms with Crippen LogP contribution in [0.1, 0.15) is 114 Å². The van der Waals surface area contributed by atoms with E-state index in [1.165, 1.54) is 36.3 Å². The standard InChI is InChI=1S/C58H63N9O6S/c1-35-33-66(39-19-22-44-48(32-39)64(3)63-53(44)45-24-26-52(68)61-56(45)70)31-30-65(35)28-7-6-10-37-17-20-40(21-18-37)73-49-15-9-12-41(36(49)2)42-23-25-51(60-54(42)57(71)72)67-29-27-38-11-8-13-43(46(38)34-67)55(69)62-58-59-47-14-4-5-16-50(47)74-58/h4-5,8-9,11-16,19,22-23,25,32,35,37,40,45H,6-7,10,17-18,20-21,24,26-31,33-34H2,1-3H3,(H,71,72)(H,59,62,69)(H,61,68,70)/t35-,37?,40?,45-/m1/s1. The lowest BCUT2D eigenvalue weighted by molar-refractivity contribution is -0.134. The Labute approximate surface area is 434 Å². The first-order valence-electron chi connectivity index (χ1n) is 26.3. The summed E-state index contributed by atoms with van der Waals surface area (Å²) in [6.45, 7) is 9.40. The van der Waals surface area contributed by atoms with Gasteiger partial charge in [0.05, 0.1) is 33.4 Å².